The van der Waals surface area contributed by atoms with E-state index in [4.69, 9.17) is 22.1 Å². The maximum Gasteiger partial charge on any atom is 0.153 e. The number of nitrogen functional groups attached to an aromatic ring is 1. The van der Waals surface area contributed by atoms with Gasteiger partial charge in [-0.05, 0) is 24.3 Å². The molecule has 1 aromatic carbocycles. The summed E-state index contributed by atoms with van der Waals surface area (Å²) in [6.45, 7) is 0. The van der Waals surface area contributed by atoms with Crippen LogP contribution in [0, 0.1) is 0 Å². The van der Waals surface area contributed by atoms with Gasteiger partial charge in [0.25, 0.3) is 0 Å². The van der Waals surface area contributed by atoms with Gasteiger partial charge in [-0.1, -0.05) is 11.6 Å². The molecule has 3 aromatic rings. The largest absolute Gasteiger partial charge is 0.496 e. The number of benzene rings is 1. The monoisotopic (exact) mass is 301 g/mol. The van der Waals surface area contributed by atoms with Crippen LogP contribution in [0.4, 0.5) is 5.82 Å². The summed E-state index contributed by atoms with van der Waals surface area (Å²) in [5.74, 6) is 1.03. The highest BCUT2D eigenvalue weighted by atomic mass is 35.5. The number of anilines is 1. The Kier molecular flexibility index (Phi) is 3.45. The van der Waals surface area contributed by atoms with Crippen molar-refractivity contribution in [1.29, 1.82) is 0 Å². The third-order valence-corrected chi connectivity index (χ3v) is 3.33. The molecule has 6 nitrogen and oxygen atoms in total. The third-order valence-electron chi connectivity index (χ3n) is 3.10. The molecule has 0 amide bonds. The highest BCUT2D eigenvalue weighted by Gasteiger charge is 2.18. The molecule has 0 spiro atoms. The van der Waals surface area contributed by atoms with Crippen LogP contribution < -0.4 is 10.5 Å². The van der Waals surface area contributed by atoms with Crippen LogP contribution in [-0.2, 0) is 0 Å². The van der Waals surface area contributed by atoms with Crippen molar-refractivity contribution in [3.63, 3.8) is 0 Å². The smallest absolute Gasteiger partial charge is 0.153 e. The highest BCUT2D eigenvalue weighted by Crippen LogP contribution is 2.40. The first kappa shape index (κ1) is 13.4. The molecule has 0 bridgehead atoms. The Morgan fingerprint density at radius 3 is 2.81 bits per heavy atom. The van der Waals surface area contributed by atoms with Crippen molar-refractivity contribution in [3.8, 4) is 28.1 Å². The van der Waals surface area contributed by atoms with Crippen LogP contribution in [0.1, 0.15) is 0 Å². The van der Waals surface area contributed by atoms with Gasteiger partial charge in [-0.2, -0.15) is 15.3 Å². The number of nitrogens with two attached hydrogens (primary N) is 1. The van der Waals surface area contributed by atoms with Gasteiger partial charge in [0.2, 0.25) is 0 Å². The minimum Gasteiger partial charge on any atom is -0.496 e. The van der Waals surface area contributed by atoms with E-state index in [1.54, 1.807) is 37.7 Å². The second-order valence-electron chi connectivity index (χ2n) is 4.33. The molecule has 0 aliphatic rings. The summed E-state index contributed by atoms with van der Waals surface area (Å²) in [5, 5.41) is 15.2. The van der Waals surface area contributed by atoms with Crippen LogP contribution in [0.2, 0.25) is 5.02 Å². The lowest BCUT2D eigenvalue weighted by atomic mass is 10.0. The van der Waals surface area contributed by atoms with Gasteiger partial charge in [-0.15, -0.1) is 0 Å². The maximum absolute atomic E-state index is 6.09. The zero-order chi connectivity index (χ0) is 14.8. The van der Waals surface area contributed by atoms with Gasteiger partial charge in [-0.3, -0.25) is 5.10 Å². The number of aromatic nitrogens is 4. The van der Waals surface area contributed by atoms with Crippen molar-refractivity contribution in [2.24, 2.45) is 0 Å². The lowest BCUT2D eigenvalue weighted by Crippen LogP contribution is -1.93. The first-order valence-electron chi connectivity index (χ1n) is 6.15. The van der Waals surface area contributed by atoms with Gasteiger partial charge in [0.05, 0.1) is 30.8 Å². The summed E-state index contributed by atoms with van der Waals surface area (Å²) >= 11 is 6.09. The minimum atomic E-state index is 0.363. The van der Waals surface area contributed by atoms with E-state index in [1.807, 2.05) is 6.07 Å². The Balaban J connectivity index is 2.24. The van der Waals surface area contributed by atoms with Gasteiger partial charge in [0.1, 0.15) is 5.75 Å². The topological polar surface area (TPSA) is 89.7 Å². The fourth-order valence-corrected chi connectivity index (χ4v) is 2.32. The van der Waals surface area contributed by atoms with E-state index in [9.17, 15) is 0 Å². The number of H-pyrrole nitrogens is 1. The van der Waals surface area contributed by atoms with E-state index in [0.29, 0.717) is 16.6 Å². The maximum atomic E-state index is 6.09. The molecule has 3 N–H and O–H groups in total. The zero-order valence-electron chi connectivity index (χ0n) is 11.2. The number of rotatable bonds is 3. The number of hydrogen-bond donors (Lipinski definition) is 2. The number of halogens is 1. The van der Waals surface area contributed by atoms with Gasteiger partial charge < -0.3 is 10.5 Å². The number of nitrogens with one attached hydrogen (secondary N) is 1. The van der Waals surface area contributed by atoms with Crippen molar-refractivity contribution in [2.75, 3.05) is 12.8 Å². The standard InChI is InChI=1S/C14H12ClN5O/c1-21-11-3-2-9(15)6-10(11)12-13(19-20-14(12)16)8-4-5-17-18-7-8/h2-7H,1H3,(H3,16,19,20). The molecule has 0 aliphatic carbocycles. The Hall–Kier alpha value is -2.60. The fourth-order valence-electron chi connectivity index (χ4n) is 2.15. The summed E-state index contributed by atoms with van der Waals surface area (Å²) in [6, 6.07) is 7.16. The summed E-state index contributed by atoms with van der Waals surface area (Å²) in [4.78, 5) is 0. The van der Waals surface area contributed by atoms with Crippen LogP contribution in [-0.4, -0.2) is 27.5 Å². The quantitative estimate of drug-likeness (QED) is 0.776. The number of hydrogen-bond acceptors (Lipinski definition) is 5. The zero-order valence-corrected chi connectivity index (χ0v) is 11.9. The highest BCUT2D eigenvalue weighted by molar-refractivity contribution is 6.31. The molecule has 2 heterocycles. The fraction of sp³-hybridized carbons (Fsp3) is 0.0714. The molecular formula is C14H12ClN5O. The average molecular weight is 302 g/mol. The number of nitrogens with zero attached hydrogens (tertiary/aromatic N) is 3. The Morgan fingerprint density at radius 1 is 1.24 bits per heavy atom. The van der Waals surface area contributed by atoms with Gasteiger partial charge in [0, 0.05) is 16.1 Å². The number of aromatic amines is 1. The molecule has 0 unspecified atom stereocenters. The average Bonchev–Trinajstić information content (AvgIpc) is 2.89. The molecule has 0 fully saturated rings. The normalized spacial score (nSPS) is 10.6. The van der Waals surface area contributed by atoms with Gasteiger partial charge >= 0.3 is 0 Å². The molecule has 0 atom stereocenters. The molecule has 0 aliphatic heterocycles. The summed E-state index contributed by atoms with van der Waals surface area (Å²) in [5.41, 5.74) is 9.06. The van der Waals surface area contributed by atoms with E-state index >= 15 is 0 Å². The number of ether oxygens (including phenoxy) is 1. The first-order valence-corrected chi connectivity index (χ1v) is 6.53. The predicted molar refractivity (Wildman–Crippen MR) is 81.0 cm³/mol. The van der Waals surface area contributed by atoms with E-state index < -0.39 is 0 Å². The molecule has 0 radical (unpaired) electrons. The minimum absolute atomic E-state index is 0.363. The molecule has 0 saturated carbocycles. The van der Waals surface area contributed by atoms with Crippen LogP contribution in [0.15, 0.2) is 36.7 Å². The van der Waals surface area contributed by atoms with Crippen LogP contribution in [0.3, 0.4) is 0 Å². The SMILES string of the molecule is COc1ccc(Cl)cc1-c1c(N)n[nH]c1-c1ccnnc1. The van der Waals surface area contributed by atoms with Gasteiger partial charge in [-0.25, -0.2) is 0 Å². The summed E-state index contributed by atoms with van der Waals surface area (Å²) in [6.07, 6.45) is 3.23. The molecule has 106 valence electrons. The molecule has 21 heavy (non-hydrogen) atoms. The summed E-state index contributed by atoms with van der Waals surface area (Å²) < 4.78 is 5.39. The van der Waals surface area contributed by atoms with Crippen LogP contribution in [0.5, 0.6) is 5.75 Å². The number of methoxy groups -OCH3 is 1. The lowest BCUT2D eigenvalue weighted by molar-refractivity contribution is 0.416. The second-order valence-corrected chi connectivity index (χ2v) is 4.77. The van der Waals surface area contributed by atoms with E-state index in [0.717, 1.165) is 22.4 Å². The van der Waals surface area contributed by atoms with Crippen molar-refractivity contribution in [2.45, 2.75) is 0 Å². The molecule has 7 heteroatoms. The Morgan fingerprint density at radius 2 is 2.10 bits per heavy atom. The predicted octanol–water partition coefficient (Wildman–Crippen LogP) is 2.78. The van der Waals surface area contributed by atoms with Crippen molar-refractivity contribution in [3.05, 3.63) is 41.7 Å². The van der Waals surface area contributed by atoms with Crippen molar-refractivity contribution in [1.82, 2.24) is 20.4 Å². The molecule has 0 saturated heterocycles. The van der Waals surface area contributed by atoms with Crippen LogP contribution >= 0.6 is 11.6 Å². The van der Waals surface area contributed by atoms with E-state index in [2.05, 4.69) is 20.4 Å². The molecular weight excluding hydrogens is 290 g/mol. The van der Waals surface area contributed by atoms with Crippen molar-refractivity contribution >= 4 is 17.4 Å². The lowest BCUT2D eigenvalue weighted by Gasteiger charge is -2.10. The molecule has 2 aromatic heterocycles. The molecule has 3 rings (SSSR count). The van der Waals surface area contributed by atoms with Gasteiger partial charge in [0.15, 0.2) is 5.82 Å². The van der Waals surface area contributed by atoms with Crippen LogP contribution in [0.25, 0.3) is 22.4 Å². The third kappa shape index (κ3) is 2.41. The first-order chi connectivity index (χ1) is 10.2. The second kappa shape index (κ2) is 5.41. The Labute approximate surface area is 125 Å². The van der Waals surface area contributed by atoms with Crippen molar-refractivity contribution < 1.29 is 4.74 Å². The van der Waals surface area contributed by atoms with E-state index in [1.165, 1.54) is 0 Å². The summed E-state index contributed by atoms with van der Waals surface area (Å²) in [7, 11) is 1.59. The van der Waals surface area contributed by atoms with E-state index in [-0.39, 0.29) is 0 Å². The Bertz CT molecular complexity index is 772.